The van der Waals surface area contributed by atoms with Gasteiger partial charge in [-0.15, -0.1) is 11.6 Å². The van der Waals surface area contributed by atoms with E-state index in [-0.39, 0.29) is 0 Å². The lowest BCUT2D eigenvalue weighted by Crippen LogP contribution is -2.35. The molecular formula is C12H19ClN2. The Hall–Kier alpha value is -0.600. The molecule has 0 aromatic carbocycles. The van der Waals surface area contributed by atoms with Gasteiger partial charge in [-0.3, -0.25) is 4.98 Å². The third-order valence-corrected chi connectivity index (χ3v) is 2.95. The van der Waals surface area contributed by atoms with Crippen molar-refractivity contribution in [3.05, 3.63) is 29.6 Å². The van der Waals surface area contributed by atoms with Crippen molar-refractivity contribution in [1.82, 2.24) is 10.3 Å². The van der Waals surface area contributed by atoms with Crippen LogP contribution in [0.25, 0.3) is 0 Å². The van der Waals surface area contributed by atoms with E-state index < -0.39 is 0 Å². The maximum absolute atomic E-state index is 5.89. The van der Waals surface area contributed by atoms with Gasteiger partial charge < -0.3 is 5.32 Å². The molecule has 1 N–H and O–H groups in total. The first kappa shape index (κ1) is 12.5. The van der Waals surface area contributed by atoms with Gasteiger partial charge in [0, 0.05) is 24.7 Å². The van der Waals surface area contributed by atoms with Crippen molar-refractivity contribution in [2.45, 2.75) is 33.4 Å². The average molecular weight is 227 g/mol. The smallest absolute Gasteiger partial charge is 0.0570 e. The van der Waals surface area contributed by atoms with E-state index in [2.05, 4.69) is 37.1 Å². The summed E-state index contributed by atoms with van der Waals surface area (Å²) in [5.41, 5.74) is 2.33. The van der Waals surface area contributed by atoms with Crippen molar-refractivity contribution in [3.8, 4) is 0 Å². The van der Waals surface area contributed by atoms with Crippen LogP contribution in [0.15, 0.2) is 18.3 Å². The van der Waals surface area contributed by atoms with Crippen molar-refractivity contribution in [1.29, 1.82) is 0 Å². The number of hydrogen-bond donors (Lipinski definition) is 1. The van der Waals surface area contributed by atoms with E-state index in [9.17, 15) is 0 Å². The zero-order chi connectivity index (χ0) is 11.3. The molecule has 0 fully saturated rings. The molecule has 0 aliphatic rings. The molecule has 1 aromatic heterocycles. The lowest BCUT2D eigenvalue weighted by molar-refractivity contribution is 0.427. The molecule has 1 aromatic rings. The van der Waals surface area contributed by atoms with Crippen molar-refractivity contribution in [2.75, 3.05) is 5.88 Å². The van der Waals surface area contributed by atoms with Gasteiger partial charge in [0.15, 0.2) is 0 Å². The second-order valence-electron chi connectivity index (χ2n) is 4.15. The van der Waals surface area contributed by atoms with Gasteiger partial charge >= 0.3 is 0 Å². The molecule has 0 aliphatic carbocycles. The van der Waals surface area contributed by atoms with E-state index in [4.69, 9.17) is 11.6 Å². The maximum atomic E-state index is 5.89. The molecule has 1 rings (SSSR count). The highest BCUT2D eigenvalue weighted by molar-refractivity contribution is 6.18. The van der Waals surface area contributed by atoms with Gasteiger partial charge in [-0.25, -0.2) is 0 Å². The summed E-state index contributed by atoms with van der Waals surface area (Å²) in [6, 6.07) is 4.39. The highest BCUT2D eigenvalue weighted by Crippen LogP contribution is 2.07. The predicted octanol–water partition coefficient (Wildman–Crippen LogP) is 2.74. The second kappa shape index (κ2) is 6.09. The van der Waals surface area contributed by atoms with Gasteiger partial charge in [0.05, 0.1) is 5.69 Å². The molecule has 0 aliphatic heterocycles. The molecule has 0 bridgehead atoms. The summed E-state index contributed by atoms with van der Waals surface area (Å²) in [7, 11) is 0. The van der Waals surface area contributed by atoms with Crippen LogP contribution in [-0.4, -0.2) is 16.9 Å². The molecule has 0 radical (unpaired) electrons. The zero-order valence-corrected chi connectivity index (χ0v) is 10.4. The van der Waals surface area contributed by atoms with Gasteiger partial charge in [0.2, 0.25) is 0 Å². The summed E-state index contributed by atoms with van der Waals surface area (Å²) in [5.74, 6) is 1.19. The Kier molecular flexibility index (Phi) is 5.06. The van der Waals surface area contributed by atoms with E-state index in [1.807, 2.05) is 12.3 Å². The van der Waals surface area contributed by atoms with E-state index >= 15 is 0 Å². The normalized spacial score (nSPS) is 13.1. The lowest BCUT2D eigenvalue weighted by atomic mass is 10.1. The Morgan fingerprint density at radius 1 is 1.47 bits per heavy atom. The van der Waals surface area contributed by atoms with Gasteiger partial charge in [-0.2, -0.15) is 0 Å². The third-order valence-electron chi connectivity index (χ3n) is 2.62. The molecule has 0 saturated carbocycles. The van der Waals surface area contributed by atoms with Gasteiger partial charge in [-0.05, 0) is 24.5 Å². The highest BCUT2D eigenvalue weighted by atomic mass is 35.5. The number of aryl methyl sites for hydroxylation is 1. The van der Waals surface area contributed by atoms with Gasteiger partial charge in [0.25, 0.3) is 0 Å². The number of alkyl halides is 1. The van der Waals surface area contributed by atoms with E-state index in [0.29, 0.717) is 17.8 Å². The first-order valence-corrected chi connectivity index (χ1v) is 5.88. The van der Waals surface area contributed by atoms with Crippen LogP contribution in [0.3, 0.4) is 0 Å². The Bertz CT molecular complexity index is 299. The first-order chi connectivity index (χ1) is 7.15. The molecule has 0 amide bonds. The average Bonchev–Trinajstić information content (AvgIpc) is 2.21. The summed E-state index contributed by atoms with van der Waals surface area (Å²) in [4.78, 5) is 4.34. The molecule has 1 unspecified atom stereocenters. The van der Waals surface area contributed by atoms with Crippen LogP contribution in [0.5, 0.6) is 0 Å². The number of halogens is 1. The number of hydrogen-bond acceptors (Lipinski definition) is 2. The maximum Gasteiger partial charge on any atom is 0.0570 e. The SMILES string of the molecule is Cc1cccnc1CNC(CCl)C(C)C. The molecule has 3 heteroatoms. The Morgan fingerprint density at radius 3 is 2.73 bits per heavy atom. The van der Waals surface area contributed by atoms with E-state index in [1.54, 1.807) is 0 Å². The van der Waals surface area contributed by atoms with Crippen LogP contribution in [-0.2, 0) is 6.54 Å². The lowest BCUT2D eigenvalue weighted by Gasteiger charge is -2.19. The second-order valence-corrected chi connectivity index (χ2v) is 4.46. The fourth-order valence-electron chi connectivity index (χ4n) is 1.40. The number of nitrogens with one attached hydrogen (secondary N) is 1. The zero-order valence-electron chi connectivity index (χ0n) is 9.63. The standard InChI is InChI=1S/C12H19ClN2/c1-9(2)11(7-13)15-8-12-10(3)5-4-6-14-12/h4-6,9,11,15H,7-8H2,1-3H3. The first-order valence-electron chi connectivity index (χ1n) is 5.35. The van der Waals surface area contributed by atoms with E-state index in [0.717, 1.165) is 12.2 Å². The topological polar surface area (TPSA) is 24.9 Å². The minimum absolute atomic E-state index is 0.355. The fourth-order valence-corrected chi connectivity index (χ4v) is 1.87. The summed E-state index contributed by atoms with van der Waals surface area (Å²) in [6.07, 6.45) is 1.83. The summed E-state index contributed by atoms with van der Waals surface area (Å²) in [6.45, 7) is 7.22. The van der Waals surface area contributed by atoms with Gasteiger partial charge in [-0.1, -0.05) is 19.9 Å². The Labute approximate surface area is 97.1 Å². The van der Waals surface area contributed by atoms with Crippen molar-refractivity contribution < 1.29 is 0 Å². The molecular weight excluding hydrogens is 208 g/mol. The molecule has 1 atom stereocenters. The molecule has 15 heavy (non-hydrogen) atoms. The quantitative estimate of drug-likeness (QED) is 0.781. The van der Waals surface area contributed by atoms with Gasteiger partial charge in [0.1, 0.15) is 0 Å². The van der Waals surface area contributed by atoms with Crippen LogP contribution in [0.2, 0.25) is 0 Å². The van der Waals surface area contributed by atoms with Crippen LogP contribution in [0.4, 0.5) is 0 Å². The molecule has 0 spiro atoms. The third kappa shape index (κ3) is 3.80. The summed E-state index contributed by atoms with van der Waals surface area (Å²) < 4.78 is 0. The van der Waals surface area contributed by atoms with Crippen molar-refractivity contribution >= 4 is 11.6 Å². The van der Waals surface area contributed by atoms with Crippen molar-refractivity contribution in [2.24, 2.45) is 5.92 Å². The number of nitrogens with zero attached hydrogens (tertiary/aromatic N) is 1. The number of pyridine rings is 1. The van der Waals surface area contributed by atoms with Crippen LogP contribution < -0.4 is 5.32 Å². The minimum atomic E-state index is 0.355. The van der Waals surface area contributed by atoms with E-state index in [1.165, 1.54) is 5.56 Å². The van der Waals surface area contributed by atoms with Crippen LogP contribution in [0, 0.1) is 12.8 Å². The Morgan fingerprint density at radius 2 is 2.20 bits per heavy atom. The van der Waals surface area contributed by atoms with Crippen LogP contribution >= 0.6 is 11.6 Å². The number of aromatic nitrogens is 1. The summed E-state index contributed by atoms with van der Waals surface area (Å²) in [5, 5.41) is 3.43. The molecule has 1 heterocycles. The minimum Gasteiger partial charge on any atom is -0.307 e. The largest absolute Gasteiger partial charge is 0.307 e. The predicted molar refractivity (Wildman–Crippen MR) is 65.2 cm³/mol. The van der Waals surface area contributed by atoms with Crippen LogP contribution in [0.1, 0.15) is 25.1 Å². The van der Waals surface area contributed by atoms with Crippen molar-refractivity contribution in [3.63, 3.8) is 0 Å². The molecule has 84 valence electrons. The molecule has 2 nitrogen and oxygen atoms in total. The number of rotatable bonds is 5. The highest BCUT2D eigenvalue weighted by Gasteiger charge is 2.11. The monoisotopic (exact) mass is 226 g/mol. The summed E-state index contributed by atoms with van der Waals surface area (Å²) >= 11 is 5.89. The fraction of sp³-hybridized carbons (Fsp3) is 0.583. The Balaban J connectivity index is 2.53. The molecule has 0 saturated heterocycles.